The summed E-state index contributed by atoms with van der Waals surface area (Å²) in [5.41, 5.74) is 7.83. The molecule has 0 aromatic carbocycles. The molecule has 6 nitrogen and oxygen atoms in total. The third-order valence-corrected chi connectivity index (χ3v) is 2.23. The van der Waals surface area contributed by atoms with Gasteiger partial charge in [0.25, 0.3) is 0 Å². The normalized spacial score (nSPS) is 10.8. The van der Waals surface area contributed by atoms with Gasteiger partial charge in [-0.25, -0.2) is 4.98 Å². The first-order chi connectivity index (χ1) is 7.84. The number of nitrogen functional groups attached to an aromatic ring is 1. The van der Waals surface area contributed by atoms with Crippen LogP contribution in [0.1, 0.15) is 0 Å². The summed E-state index contributed by atoms with van der Waals surface area (Å²) in [7, 11) is 0. The lowest BCUT2D eigenvalue weighted by Crippen LogP contribution is -1.93. The average Bonchev–Trinajstić information content (AvgIpc) is 2.72. The van der Waals surface area contributed by atoms with Crippen LogP contribution in [-0.4, -0.2) is 24.6 Å². The van der Waals surface area contributed by atoms with Crippen LogP contribution in [0.4, 0.5) is 5.69 Å². The Labute approximate surface area is 90.8 Å². The minimum absolute atomic E-state index is 0.596. The summed E-state index contributed by atoms with van der Waals surface area (Å²) in [6.45, 7) is 0. The van der Waals surface area contributed by atoms with Crippen molar-refractivity contribution in [3.63, 3.8) is 0 Å². The van der Waals surface area contributed by atoms with E-state index in [2.05, 4.69) is 20.2 Å². The zero-order chi connectivity index (χ0) is 11.0. The number of aromatic nitrogens is 5. The summed E-state index contributed by atoms with van der Waals surface area (Å²) >= 11 is 0. The van der Waals surface area contributed by atoms with E-state index >= 15 is 0 Å². The van der Waals surface area contributed by atoms with Gasteiger partial charge in [0.2, 0.25) is 0 Å². The van der Waals surface area contributed by atoms with E-state index in [1.807, 2.05) is 0 Å². The van der Waals surface area contributed by atoms with Crippen LogP contribution in [0, 0.1) is 0 Å². The van der Waals surface area contributed by atoms with Crippen molar-refractivity contribution in [2.24, 2.45) is 0 Å². The molecule has 78 valence electrons. The fourth-order valence-electron chi connectivity index (χ4n) is 1.52. The number of hydrogen-bond acceptors (Lipinski definition) is 5. The SMILES string of the molecule is Nc1cncc(-c2nnc3ccncn23)c1. The highest BCUT2D eigenvalue weighted by Gasteiger charge is 2.07. The molecule has 0 fully saturated rings. The standard InChI is InChI=1S/C10H8N6/c11-8-3-7(4-13-5-8)10-15-14-9-1-2-12-6-16(9)10/h1-6H,11H2. The van der Waals surface area contributed by atoms with E-state index < -0.39 is 0 Å². The number of rotatable bonds is 1. The van der Waals surface area contributed by atoms with E-state index in [0.717, 1.165) is 11.2 Å². The smallest absolute Gasteiger partial charge is 0.171 e. The molecule has 6 heteroatoms. The summed E-state index contributed by atoms with van der Waals surface area (Å²) in [6, 6.07) is 3.59. The van der Waals surface area contributed by atoms with E-state index in [9.17, 15) is 0 Å². The van der Waals surface area contributed by atoms with Gasteiger partial charge in [0, 0.05) is 30.2 Å². The van der Waals surface area contributed by atoms with E-state index in [4.69, 9.17) is 5.73 Å². The molecule has 0 spiro atoms. The van der Waals surface area contributed by atoms with Gasteiger partial charge in [0.15, 0.2) is 11.5 Å². The lowest BCUT2D eigenvalue weighted by Gasteiger charge is -1.99. The maximum absolute atomic E-state index is 5.67. The molecule has 16 heavy (non-hydrogen) atoms. The number of anilines is 1. The molecule has 0 amide bonds. The lowest BCUT2D eigenvalue weighted by molar-refractivity contribution is 1.07. The second-order valence-electron chi connectivity index (χ2n) is 3.34. The molecule has 0 radical (unpaired) electrons. The Bertz CT molecular complexity index is 644. The molecule has 0 unspecified atom stereocenters. The van der Waals surface area contributed by atoms with Gasteiger partial charge in [0.05, 0.1) is 5.69 Å². The molecule has 3 aromatic heterocycles. The Hall–Kier alpha value is -2.50. The summed E-state index contributed by atoms with van der Waals surface area (Å²) in [5, 5.41) is 8.11. The van der Waals surface area contributed by atoms with Crippen LogP contribution in [-0.2, 0) is 0 Å². The molecule has 0 atom stereocenters. The van der Waals surface area contributed by atoms with Gasteiger partial charge in [-0.2, -0.15) is 0 Å². The molecule has 0 bridgehead atoms. The van der Waals surface area contributed by atoms with Crippen LogP contribution in [0.3, 0.4) is 0 Å². The monoisotopic (exact) mass is 212 g/mol. The predicted molar refractivity (Wildman–Crippen MR) is 58.4 cm³/mol. The first-order valence-corrected chi connectivity index (χ1v) is 4.70. The number of hydrogen-bond donors (Lipinski definition) is 1. The number of nitrogens with two attached hydrogens (primary N) is 1. The topological polar surface area (TPSA) is 82.0 Å². The minimum Gasteiger partial charge on any atom is -0.397 e. The van der Waals surface area contributed by atoms with Crippen LogP contribution in [0.25, 0.3) is 17.0 Å². The van der Waals surface area contributed by atoms with Gasteiger partial charge in [-0.1, -0.05) is 0 Å². The average molecular weight is 212 g/mol. The molecule has 2 N–H and O–H groups in total. The molecular weight excluding hydrogens is 204 g/mol. The zero-order valence-corrected chi connectivity index (χ0v) is 8.28. The van der Waals surface area contributed by atoms with Crippen molar-refractivity contribution in [3.05, 3.63) is 37.1 Å². The number of nitrogens with zero attached hydrogens (tertiary/aromatic N) is 5. The highest BCUT2D eigenvalue weighted by Crippen LogP contribution is 2.18. The molecule has 0 saturated heterocycles. The Kier molecular flexibility index (Phi) is 1.79. The Morgan fingerprint density at radius 1 is 1.12 bits per heavy atom. The van der Waals surface area contributed by atoms with Gasteiger partial charge >= 0.3 is 0 Å². The molecule has 0 saturated carbocycles. The van der Waals surface area contributed by atoms with E-state index in [1.165, 1.54) is 0 Å². The first-order valence-electron chi connectivity index (χ1n) is 4.70. The van der Waals surface area contributed by atoms with E-state index in [0.29, 0.717) is 11.5 Å². The van der Waals surface area contributed by atoms with Crippen molar-refractivity contribution >= 4 is 11.3 Å². The van der Waals surface area contributed by atoms with Crippen LogP contribution in [0.5, 0.6) is 0 Å². The Morgan fingerprint density at radius 3 is 2.94 bits per heavy atom. The van der Waals surface area contributed by atoms with E-state index in [-0.39, 0.29) is 0 Å². The summed E-state index contributed by atoms with van der Waals surface area (Å²) in [5.74, 6) is 0.683. The van der Waals surface area contributed by atoms with Crippen LogP contribution < -0.4 is 5.73 Å². The first kappa shape index (κ1) is 8.78. The van der Waals surface area contributed by atoms with Crippen LogP contribution in [0.15, 0.2) is 37.1 Å². The number of pyridine rings is 1. The number of fused-ring (bicyclic) bond motifs is 1. The second kappa shape index (κ2) is 3.27. The van der Waals surface area contributed by atoms with Crippen molar-refractivity contribution in [2.75, 3.05) is 5.73 Å². The highest BCUT2D eigenvalue weighted by atomic mass is 15.3. The quantitative estimate of drug-likeness (QED) is 0.644. The summed E-state index contributed by atoms with van der Waals surface area (Å²) in [6.07, 6.45) is 6.62. The van der Waals surface area contributed by atoms with Gasteiger partial charge in [-0.15, -0.1) is 10.2 Å². The van der Waals surface area contributed by atoms with Gasteiger partial charge in [-0.05, 0) is 6.07 Å². The lowest BCUT2D eigenvalue weighted by atomic mass is 10.2. The zero-order valence-electron chi connectivity index (χ0n) is 8.28. The molecule has 0 aliphatic heterocycles. The minimum atomic E-state index is 0.596. The van der Waals surface area contributed by atoms with Crippen molar-refractivity contribution in [2.45, 2.75) is 0 Å². The molecule has 0 aliphatic carbocycles. The maximum atomic E-state index is 5.67. The maximum Gasteiger partial charge on any atom is 0.171 e. The predicted octanol–water partition coefficient (Wildman–Crippen LogP) is 0.768. The summed E-state index contributed by atoms with van der Waals surface area (Å²) < 4.78 is 1.79. The summed E-state index contributed by atoms with van der Waals surface area (Å²) in [4.78, 5) is 8.05. The molecule has 0 aliphatic rings. The fraction of sp³-hybridized carbons (Fsp3) is 0. The molecular formula is C10H8N6. The highest BCUT2D eigenvalue weighted by molar-refractivity contribution is 5.61. The van der Waals surface area contributed by atoms with Crippen molar-refractivity contribution in [3.8, 4) is 11.4 Å². The third-order valence-electron chi connectivity index (χ3n) is 2.23. The van der Waals surface area contributed by atoms with Gasteiger partial charge < -0.3 is 5.73 Å². The molecule has 3 rings (SSSR count). The molecule has 3 aromatic rings. The second-order valence-corrected chi connectivity index (χ2v) is 3.34. The Morgan fingerprint density at radius 2 is 2.06 bits per heavy atom. The largest absolute Gasteiger partial charge is 0.397 e. The van der Waals surface area contributed by atoms with Crippen LogP contribution in [0.2, 0.25) is 0 Å². The van der Waals surface area contributed by atoms with Crippen molar-refractivity contribution in [1.29, 1.82) is 0 Å². The van der Waals surface area contributed by atoms with Crippen molar-refractivity contribution in [1.82, 2.24) is 24.6 Å². The molecule has 3 heterocycles. The third kappa shape index (κ3) is 1.28. The van der Waals surface area contributed by atoms with Crippen molar-refractivity contribution < 1.29 is 0 Å². The van der Waals surface area contributed by atoms with Gasteiger partial charge in [0.1, 0.15) is 6.33 Å². The fourth-order valence-corrected chi connectivity index (χ4v) is 1.52. The van der Waals surface area contributed by atoms with Crippen LogP contribution >= 0.6 is 0 Å². The Balaban J connectivity index is 2.26. The van der Waals surface area contributed by atoms with E-state index in [1.54, 1.807) is 41.5 Å². The van der Waals surface area contributed by atoms with Gasteiger partial charge in [-0.3, -0.25) is 9.38 Å².